The van der Waals surface area contributed by atoms with Crippen LogP contribution in [0, 0.1) is 0 Å². The van der Waals surface area contributed by atoms with E-state index in [4.69, 9.17) is 4.74 Å². The second kappa shape index (κ2) is 7.55. The molecule has 1 aromatic rings. The average molecular weight is 294 g/mol. The summed E-state index contributed by atoms with van der Waals surface area (Å²) in [6, 6.07) is 8.29. The lowest BCUT2D eigenvalue weighted by atomic mass is 10.2. The Morgan fingerprint density at radius 2 is 2.30 bits per heavy atom. The molecule has 1 heterocycles. The van der Waals surface area contributed by atoms with Gasteiger partial charge in [0.25, 0.3) is 0 Å². The fourth-order valence-electron chi connectivity index (χ4n) is 2.30. The molecule has 0 saturated heterocycles. The molecule has 20 heavy (non-hydrogen) atoms. The Morgan fingerprint density at radius 3 is 3.10 bits per heavy atom. The number of hydrogen-bond acceptors (Lipinski definition) is 4. The van der Waals surface area contributed by atoms with Crippen LogP contribution in [0.1, 0.15) is 13.3 Å². The van der Waals surface area contributed by atoms with Gasteiger partial charge in [0.2, 0.25) is 5.91 Å². The number of anilines is 1. The van der Waals surface area contributed by atoms with Crippen LogP contribution >= 0.6 is 11.8 Å². The zero-order valence-electron chi connectivity index (χ0n) is 12.1. The van der Waals surface area contributed by atoms with Crippen molar-refractivity contribution in [1.29, 1.82) is 0 Å². The first-order valence-corrected chi connectivity index (χ1v) is 7.85. The molecule has 1 N–H and O–H groups in total. The third-order valence-corrected chi connectivity index (χ3v) is 4.34. The molecule has 110 valence electrons. The van der Waals surface area contributed by atoms with Gasteiger partial charge in [-0.05, 0) is 18.6 Å². The van der Waals surface area contributed by atoms with Gasteiger partial charge in [0.15, 0.2) is 0 Å². The molecule has 1 amide bonds. The molecule has 2 rings (SSSR count). The van der Waals surface area contributed by atoms with E-state index in [1.165, 1.54) is 10.6 Å². The minimum atomic E-state index is 0.0787. The summed E-state index contributed by atoms with van der Waals surface area (Å²) in [5, 5.41) is 3.45. The lowest BCUT2D eigenvalue weighted by molar-refractivity contribution is -0.119. The minimum absolute atomic E-state index is 0.0787. The Bertz CT molecular complexity index is 453. The highest BCUT2D eigenvalue weighted by Gasteiger charge is 2.23. The summed E-state index contributed by atoms with van der Waals surface area (Å²) in [6.07, 6.45) is 0.852. The second-order valence-corrected chi connectivity index (χ2v) is 6.45. The molecule has 1 atom stereocenters. The first kappa shape index (κ1) is 15.2. The molecule has 5 heteroatoms. The van der Waals surface area contributed by atoms with Crippen LogP contribution < -0.4 is 10.2 Å². The zero-order valence-corrected chi connectivity index (χ0v) is 12.9. The van der Waals surface area contributed by atoms with Crippen molar-refractivity contribution in [3.63, 3.8) is 0 Å². The number of methoxy groups -OCH3 is 1. The number of carbonyl (C=O) groups is 1. The number of fused-ring (bicyclic) bond motifs is 1. The fraction of sp³-hybridized carbons (Fsp3) is 0.533. The van der Waals surface area contributed by atoms with E-state index in [1.54, 1.807) is 7.11 Å². The molecule has 0 aromatic heterocycles. The Labute approximate surface area is 124 Å². The monoisotopic (exact) mass is 294 g/mol. The molecule has 0 saturated carbocycles. The standard InChI is InChI=1S/C15H22N2O2S/c1-12-10-17(11-15(18)16-8-5-9-19-2)13-6-3-4-7-14(13)20-12/h3-4,6-7,12H,5,8-11H2,1-2H3,(H,16,18). The van der Waals surface area contributed by atoms with Crippen molar-refractivity contribution in [3.8, 4) is 0 Å². The maximum absolute atomic E-state index is 12.0. The van der Waals surface area contributed by atoms with E-state index in [0.29, 0.717) is 24.9 Å². The third kappa shape index (κ3) is 4.15. The van der Waals surface area contributed by atoms with Crippen LogP contribution in [0.2, 0.25) is 0 Å². The Balaban J connectivity index is 1.91. The molecule has 1 aliphatic heterocycles. The first-order chi connectivity index (χ1) is 9.70. The topological polar surface area (TPSA) is 41.6 Å². The summed E-state index contributed by atoms with van der Waals surface area (Å²) in [5.41, 5.74) is 1.17. The van der Waals surface area contributed by atoms with Crippen LogP contribution in [0.25, 0.3) is 0 Å². The molecule has 0 bridgehead atoms. The van der Waals surface area contributed by atoms with Gasteiger partial charge in [-0.1, -0.05) is 19.1 Å². The molecule has 1 unspecified atom stereocenters. The molecule has 0 spiro atoms. The lowest BCUT2D eigenvalue weighted by Crippen LogP contribution is -2.42. The largest absolute Gasteiger partial charge is 0.385 e. The number of para-hydroxylation sites is 1. The van der Waals surface area contributed by atoms with Gasteiger partial charge in [-0.15, -0.1) is 11.8 Å². The molecular weight excluding hydrogens is 272 g/mol. The number of nitrogens with zero attached hydrogens (tertiary/aromatic N) is 1. The summed E-state index contributed by atoms with van der Waals surface area (Å²) in [6.45, 7) is 4.89. The molecule has 0 fully saturated rings. The molecule has 1 aromatic carbocycles. The van der Waals surface area contributed by atoms with Crippen LogP contribution in [-0.2, 0) is 9.53 Å². The molecular formula is C15H22N2O2S. The summed E-state index contributed by atoms with van der Waals surface area (Å²) in [7, 11) is 1.67. The fourth-order valence-corrected chi connectivity index (χ4v) is 3.47. The quantitative estimate of drug-likeness (QED) is 0.816. The summed E-state index contributed by atoms with van der Waals surface area (Å²) < 4.78 is 4.97. The normalized spacial score (nSPS) is 17.7. The van der Waals surface area contributed by atoms with Crippen molar-refractivity contribution in [2.45, 2.75) is 23.5 Å². The maximum Gasteiger partial charge on any atom is 0.239 e. The smallest absolute Gasteiger partial charge is 0.239 e. The van der Waals surface area contributed by atoms with Gasteiger partial charge in [-0.25, -0.2) is 0 Å². The van der Waals surface area contributed by atoms with Crippen molar-refractivity contribution >= 4 is 23.4 Å². The lowest BCUT2D eigenvalue weighted by Gasteiger charge is -2.33. The van der Waals surface area contributed by atoms with E-state index in [2.05, 4.69) is 29.3 Å². The molecule has 1 aliphatic rings. The Hall–Kier alpha value is -1.20. The average Bonchev–Trinajstić information content (AvgIpc) is 2.43. The second-order valence-electron chi connectivity index (χ2n) is 4.97. The highest BCUT2D eigenvalue weighted by atomic mass is 32.2. The minimum Gasteiger partial charge on any atom is -0.385 e. The number of amides is 1. The van der Waals surface area contributed by atoms with Gasteiger partial charge >= 0.3 is 0 Å². The van der Waals surface area contributed by atoms with E-state index in [-0.39, 0.29) is 5.91 Å². The van der Waals surface area contributed by atoms with Crippen LogP contribution in [0.4, 0.5) is 5.69 Å². The van der Waals surface area contributed by atoms with Crippen molar-refractivity contribution in [2.24, 2.45) is 0 Å². The number of rotatable bonds is 6. The van der Waals surface area contributed by atoms with Gasteiger partial charge in [0, 0.05) is 37.0 Å². The van der Waals surface area contributed by atoms with Gasteiger partial charge in [0.05, 0.1) is 12.2 Å². The van der Waals surface area contributed by atoms with E-state index in [0.717, 1.165) is 13.0 Å². The molecule has 4 nitrogen and oxygen atoms in total. The third-order valence-electron chi connectivity index (χ3n) is 3.19. The van der Waals surface area contributed by atoms with E-state index in [9.17, 15) is 4.79 Å². The number of carbonyl (C=O) groups excluding carboxylic acids is 1. The predicted octanol–water partition coefficient (Wildman–Crippen LogP) is 2.14. The summed E-state index contributed by atoms with van der Waals surface area (Å²) in [5.74, 6) is 0.0787. The van der Waals surface area contributed by atoms with E-state index < -0.39 is 0 Å². The Morgan fingerprint density at radius 1 is 1.50 bits per heavy atom. The van der Waals surface area contributed by atoms with Crippen LogP contribution in [0.3, 0.4) is 0 Å². The van der Waals surface area contributed by atoms with Crippen molar-refractivity contribution in [2.75, 3.05) is 38.3 Å². The predicted molar refractivity (Wildman–Crippen MR) is 83.5 cm³/mol. The first-order valence-electron chi connectivity index (χ1n) is 6.97. The molecule has 0 radical (unpaired) electrons. The maximum atomic E-state index is 12.0. The van der Waals surface area contributed by atoms with Crippen LogP contribution in [0.5, 0.6) is 0 Å². The highest BCUT2D eigenvalue weighted by Crippen LogP contribution is 2.37. The number of benzene rings is 1. The van der Waals surface area contributed by atoms with Crippen molar-refractivity contribution < 1.29 is 9.53 Å². The summed E-state index contributed by atoms with van der Waals surface area (Å²) >= 11 is 1.88. The van der Waals surface area contributed by atoms with E-state index in [1.807, 2.05) is 23.9 Å². The van der Waals surface area contributed by atoms with Gasteiger partial charge in [-0.2, -0.15) is 0 Å². The Kier molecular flexibility index (Phi) is 5.73. The van der Waals surface area contributed by atoms with Crippen LogP contribution in [0.15, 0.2) is 29.2 Å². The SMILES string of the molecule is COCCCNC(=O)CN1CC(C)Sc2ccccc21. The van der Waals surface area contributed by atoms with Gasteiger partial charge < -0.3 is 15.0 Å². The van der Waals surface area contributed by atoms with Crippen molar-refractivity contribution in [1.82, 2.24) is 5.32 Å². The summed E-state index contributed by atoms with van der Waals surface area (Å²) in [4.78, 5) is 15.4. The zero-order chi connectivity index (χ0) is 14.4. The van der Waals surface area contributed by atoms with Crippen LogP contribution in [-0.4, -0.2) is 44.5 Å². The number of hydrogen-bond donors (Lipinski definition) is 1. The van der Waals surface area contributed by atoms with Gasteiger partial charge in [-0.3, -0.25) is 4.79 Å². The number of thioether (sulfide) groups is 1. The highest BCUT2D eigenvalue weighted by molar-refractivity contribution is 8.00. The van der Waals surface area contributed by atoms with E-state index >= 15 is 0 Å². The number of nitrogens with one attached hydrogen (secondary N) is 1. The van der Waals surface area contributed by atoms with Gasteiger partial charge in [0.1, 0.15) is 0 Å². The number of ether oxygens (including phenoxy) is 1. The van der Waals surface area contributed by atoms with Crippen molar-refractivity contribution in [3.05, 3.63) is 24.3 Å². The molecule has 0 aliphatic carbocycles.